The van der Waals surface area contributed by atoms with Gasteiger partial charge in [0.05, 0.1) is 17.4 Å². The van der Waals surface area contributed by atoms with Crippen LogP contribution in [0.5, 0.6) is 0 Å². The third-order valence-electron chi connectivity index (χ3n) is 6.94. The summed E-state index contributed by atoms with van der Waals surface area (Å²) < 4.78 is 0. The van der Waals surface area contributed by atoms with Crippen LogP contribution in [0.2, 0.25) is 0 Å². The van der Waals surface area contributed by atoms with Crippen LogP contribution >= 0.6 is 11.3 Å². The molecule has 1 heterocycles. The molecule has 4 aliphatic carbocycles. The molecule has 0 saturated heterocycles. The SMILES string of the molecule is C[C@H]1CCc2c(sc(NC(=O)[C@H]3[C@@H](C(=O)O)[C@H]4C=C[C@H]3C4)c2C(=O)NC2CC2)C1. The second-order valence-electron chi connectivity index (χ2n) is 9.13. The Morgan fingerprint density at radius 3 is 2.52 bits per heavy atom. The second kappa shape index (κ2) is 6.97. The van der Waals surface area contributed by atoms with Crippen LogP contribution in [-0.2, 0) is 22.4 Å². The summed E-state index contributed by atoms with van der Waals surface area (Å²) in [6.45, 7) is 2.21. The molecule has 2 fully saturated rings. The van der Waals surface area contributed by atoms with Crippen LogP contribution in [0.1, 0.15) is 53.4 Å². The van der Waals surface area contributed by atoms with Crippen LogP contribution in [-0.4, -0.2) is 28.9 Å². The van der Waals surface area contributed by atoms with E-state index in [0.29, 0.717) is 16.5 Å². The van der Waals surface area contributed by atoms with Gasteiger partial charge in [-0.3, -0.25) is 14.4 Å². The maximum absolute atomic E-state index is 13.2. The van der Waals surface area contributed by atoms with Gasteiger partial charge in [-0.05, 0) is 61.8 Å². The molecule has 7 heteroatoms. The van der Waals surface area contributed by atoms with Crippen molar-refractivity contribution in [3.63, 3.8) is 0 Å². The standard InChI is InChI=1S/C22H26N2O4S/c1-10-2-7-14-15(8-10)29-21(18(14)20(26)23-13-5-6-13)24-19(25)16-11-3-4-12(9-11)17(16)22(27)28/h3-4,10-13,16-17H,2,5-9H2,1H3,(H,23,26)(H,24,25)(H,27,28)/t10-,11-,12-,16+,17-/m0/s1. The predicted octanol–water partition coefficient (Wildman–Crippen LogP) is 3.23. The minimum absolute atomic E-state index is 0.0283. The van der Waals surface area contributed by atoms with Gasteiger partial charge >= 0.3 is 5.97 Å². The molecule has 5 atom stereocenters. The molecule has 0 aliphatic heterocycles. The number of amides is 2. The minimum Gasteiger partial charge on any atom is -0.481 e. The molecule has 2 amide bonds. The lowest BCUT2D eigenvalue weighted by Crippen LogP contribution is -2.36. The second-order valence-corrected chi connectivity index (χ2v) is 10.2. The fraction of sp³-hybridized carbons (Fsp3) is 0.591. The fourth-order valence-corrected chi connectivity index (χ4v) is 6.69. The molecule has 0 unspecified atom stereocenters. The third kappa shape index (κ3) is 3.29. The van der Waals surface area contributed by atoms with Crippen LogP contribution in [0.3, 0.4) is 0 Å². The maximum atomic E-state index is 13.2. The molecule has 0 radical (unpaired) electrons. The van der Waals surface area contributed by atoms with Crippen molar-refractivity contribution in [3.8, 4) is 0 Å². The Balaban J connectivity index is 1.44. The number of rotatable bonds is 5. The van der Waals surface area contributed by atoms with E-state index in [2.05, 4.69) is 17.6 Å². The van der Waals surface area contributed by atoms with Crippen LogP contribution in [0.4, 0.5) is 5.00 Å². The van der Waals surface area contributed by atoms with E-state index in [4.69, 9.17) is 0 Å². The van der Waals surface area contributed by atoms with E-state index >= 15 is 0 Å². The summed E-state index contributed by atoms with van der Waals surface area (Å²) in [5.41, 5.74) is 1.69. The van der Waals surface area contributed by atoms with E-state index in [-0.39, 0.29) is 29.7 Å². The smallest absolute Gasteiger partial charge is 0.307 e. The average Bonchev–Trinajstić information content (AvgIpc) is 3.11. The van der Waals surface area contributed by atoms with Crippen LogP contribution < -0.4 is 10.6 Å². The Kier molecular flexibility index (Phi) is 4.53. The van der Waals surface area contributed by atoms with E-state index in [1.165, 1.54) is 16.2 Å². The molecule has 29 heavy (non-hydrogen) atoms. The summed E-state index contributed by atoms with van der Waals surface area (Å²) >= 11 is 1.50. The molecule has 4 aliphatic rings. The third-order valence-corrected chi connectivity index (χ3v) is 8.10. The van der Waals surface area contributed by atoms with Crippen molar-refractivity contribution in [1.82, 2.24) is 5.32 Å². The summed E-state index contributed by atoms with van der Waals surface area (Å²) in [6, 6.07) is 0.246. The number of hydrogen-bond donors (Lipinski definition) is 3. The zero-order valence-electron chi connectivity index (χ0n) is 16.4. The number of carbonyl (C=O) groups is 3. The van der Waals surface area contributed by atoms with Gasteiger partial charge in [-0.25, -0.2) is 0 Å². The normalized spacial score (nSPS) is 32.1. The Morgan fingerprint density at radius 1 is 1.10 bits per heavy atom. The highest BCUT2D eigenvalue weighted by atomic mass is 32.1. The molecule has 154 valence electrons. The first-order valence-electron chi connectivity index (χ1n) is 10.6. The monoisotopic (exact) mass is 414 g/mol. The van der Waals surface area contributed by atoms with Crippen molar-refractivity contribution in [2.24, 2.45) is 29.6 Å². The van der Waals surface area contributed by atoms with Gasteiger partial charge in [-0.2, -0.15) is 0 Å². The lowest BCUT2D eigenvalue weighted by Gasteiger charge is -2.23. The zero-order chi connectivity index (χ0) is 20.3. The number of nitrogens with one attached hydrogen (secondary N) is 2. The minimum atomic E-state index is -0.909. The van der Waals surface area contributed by atoms with Gasteiger partial charge < -0.3 is 15.7 Å². The summed E-state index contributed by atoms with van der Waals surface area (Å²) in [5.74, 6) is -2.05. The van der Waals surface area contributed by atoms with Crippen molar-refractivity contribution in [2.75, 3.05) is 5.32 Å². The number of fused-ring (bicyclic) bond motifs is 3. The van der Waals surface area contributed by atoms with E-state index in [1.807, 2.05) is 12.2 Å². The average molecular weight is 415 g/mol. The van der Waals surface area contributed by atoms with E-state index in [9.17, 15) is 19.5 Å². The van der Waals surface area contributed by atoms with Crippen molar-refractivity contribution in [3.05, 3.63) is 28.2 Å². The van der Waals surface area contributed by atoms with Gasteiger partial charge in [0.15, 0.2) is 0 Å². The number of anilines is 1. The number of thiophene rings is 1. The lowest BCUT2D eigenvalue weighted by atomic mass is 9.82. The maximum Gasteiger partial charge on any atom is 0.307 e. The van der Waals surface area contributed by atoms with Crippen LogP contribution in [0.15, 0.2) is 12.2 Å². The first kappa shape index (κ1) is 18.9. The van der Waals surface area contributed by atoms with E-state index < -0.39 is 17.8 Å². The summed E-state index contributed by atoms with van der Waals surface area (Å²) in [6.07, 6.45) is 9.48. The van der Waals surface area contributed by atoms with Crippen molar-refractivity contribution in [2.45, 2.75) is 51.5 Å². The fourth-order valence-electron chi connectivity index (χ4n) is 5.28. The highest BCUT2D eigenvalue weighted by Gasteiger charge is 2.52. The molecule has 0 spiro atoms. The summed E-state index contributed by atoms with van der Waals surface area (Å²) in [7, 11) is 0. The highest BCUT2D eigenvalue weighted by molar-refractivity contribution is 7.17. The topological polar surface area (TPSA) is 95.5 Å². The van der Waals surface area contributed by atoms with E-state index in [1.54, 1.807) is 0 Å². The quantitative estimate of drug-likeness (QED) is 0.645. The molecule has 1 aromatic heterocycles. The number of hydrogen-bond acceptors (Lipinski definition) is 4. The predicted molar refractivity (Wildman–Crippen MR) is 110 cm³/mol. The molecule has 2 bridgehead atoms. The Morgan fingerprint density at radius 2 is 1.83 bits per heavy atom. The summed E-state index contributed by atoms with van der Waals surface area (Å²) in [4.78, 5) is 39.1. The zero-order valence-corrected chi connectivity index (χ0v) is 17.3. The molecule has 1 aromatic rings. The Labute approximate surface area is 173 Å². The molecular formula is C22H26N2O4S. The lowest BCUT2D eigenvalue weighted by molar-refractivity contribution is -0.146. The molecule has 2 saturated carbocycles. The van der Waals surface area contributed by atoms with Gasteiger partial charge in [-0.1, -0.05) is 19.1 Å². The first-order chi connectivity index (χ1) is 13.9. The number of allylic oxidation sites excluding steroid dienone is 2. The highest BCUT2D eigenvalue weighted by Crippen LogP contribution is 2.49. The first-order valence-corrected chi connectivity index (χ1v) is 11.4. The number of carboxylic acids is 1. The van der Waals surface area contributed by atoms with Gasteiger partial charge in [0.25, 0.3) is 5.91 Å². The Hall–Kier alpha value is -2.15. The molecule has 5 rings (SSSR count). The number of carboxylic acid groups (broad SMARTS) is 1. The molecule has 3 N–H and O–H groups in total. The van der Waals surface area contributed by atoms with Crippen LogP contribution in [0, 0.1) is 29.6 Å². The van der Waals surface area contributed by atoms with Crippen molar-refractivity contribution < 1.29 is 19.5 Å². The number of aliphatic carboxylic acids is 1. The van der Waals surface area contributed by atoms with E-state index in [0.717, 1.165) is 44.1 Å². The largest absolute Gasteiger partial charge is 0.481 e. The molecule has 6 nitrogen and oxygen atoms in total. The van der Waals surface area contributed by atoms with Gasteiger partial charge in [0.1, 0.15) is 5.00 Å². The van der Waals surface area contributed by atoms with Crippen LogP contribution in [0.25, 0.3) is 0 Å². The van der Waals surface area contributed by atoms with Gasteiger partial charge in [-0.15, -0.1) is 11.3 Å². The van der Waals surface area contributed by atoms with Crippen molar-refractivity contribution in [1.29, 1.82) is 0 Å². The van der Waals surface area contributed by atoms with Gasteiger partial charge in [0.2, 0.25) is 5.91 Å². The Bertz CT molecular complexity index is 916. The number of carbonyl (C=O) groups excluding carboxylic acids is 2. The molecule has 0 aromatic carbocycles. The van der Waals surface area contributed by atoms with Gasteiger partial charge in [0, 0.05) is 10.9 Å². The van der Waals surface area contributed by atoms with Crippen molar-refractivity contribution >= 4 is 34.1 Å². The summed E-state index contributed by atoms with van der Waals surface area (Å²) in [5, 5.41) is 16.3. The molecular weight excluding hydrogens is 388 g/mol.